The van der Waals surface area contributed by atoms with Crippen LogP contribution in [-0.4, -0.2) is 13.9 Å². The smallest absolute Gasteiger partial charge is 0.380 e. The van der Waals surface area contributed by atoms with Crippen molar-refractivity contribution in [3.8, 4) is 0 Å². The van der Waals surface area contributed by atoms with Gasteiger partial charge in [-0.1, -0.05) is 27.2 Å². The van der Waals surface area contributed by atoms with Gasteiger partial charge in [0.2, 0.25) is 0 Å². The van der Waals surface area contributed by atoms with Crippen LogP contribution < -0.4 is 0 Å². The van der Waals surface area contributed by atoms with Crippen LogP contribution in [0.4, 0.5) is 13.2 Å². The maximum Gasteiger partial charge on any atom is 0.534 e. The second-order valence-electron chi connectivity index (χ2n) is 10.5. The van der Waals surface area contributed by atoms with E-state index in [9.17, 15) is 21.6 Å². The Morgan fingerprint density at radius 2 is 1.86 bits per heavy atom. The van der Waals surface area contributed by atoms with Crippen molar-refractivity contribution in [2.75, 3.05) is 0 Å². The molecule has 4 rings (SSSR count). The molecule has 0 heterocycles. The zero-order valence-corrected chi connectivity index (χ0v) is 17.7. The molecule has 28 heavy (non-hydrogen) atoms. The zero-order chi connectivity index (χ0) is 20.5. The molecule has 3 nitrogen and oxygen atoms in total. The minimum atomic E-state index is -5.60. The SMILES string of the molecule is CC1CC[C@@H]2C[C@H]3[C@@H](CC[C@@]4(C)C(OS(=O)(=O)C(F)(F)F)=CC[C@H]34)CC2(C)C1. The summed E-state index contributed by atoms with van der Waals surface area (Å²) in [5.41, 5.74) is -5.60. The first-order chi connectivity index (χ1) is 12.9. The van der Waals surface area contributed by atoms with Gasteiger partial charge in [-0.2, -0.15) is 21.6 Å². The minimum Gasteiger partial charge on any atom is -0.380 e. The molecular weight excluding hydrogens is 389 g/mol. The third kappa shape index (κ3) is 3.10. The van der Waals surface area contributed by atoms with Gasteiger partial charge in [0.15, 0.2) is 0 Å². The molecule has 3 saturated carbocycles. The number of allylic oxidation sites excluding steroid dienone is 2. The molecule has 2 unspecified atom stereocenters. The quantitative estimate of drug-likeness (QED) is 0.405. The van der Waals surface area contributed by atoms with Crippen LogP contribution in [0.25, 0.3) is 0 Å². The monoisotopic (exact) mass is 420 g/mol. The van der Waals surface area contributed by atoms with Crippen molar-refractivity contribution in [1.82, 2.24) is 0 Å². The van der Waals surface area contributed by atoms with Gasteiger partial charge in [0.05, 0.1) is 0 Å². The van der Waals surface area contributed by atoms with Crippen LogP contribution in [0.5, 0.6) is 0 Å². The Balaban J connectivity index is 1.54. The molecule has 7 atom stereocenters. The molecule has 4 aliphatic carbocycles. The van der Waals surface area contributed by atoms with Crippen molar-refractivity contribution >= 4 is 10.1 Å². The molecule has 0 bridgehead atoms. The van der Waals surface area contributed by atoms with Crippen LogP contribution in [0.2, 0.25) is 0 Å². The predicted molar refractivity (Wildman–Crippen MR) is 100 cm³/mol. The Labute approximate surface area is 166 Å². The fourth-order valence-electron chi connectivity index (χ4n) is 7.28. The van der Waals surface area contributed by atoms with Crippen LogP contribution in [0.1, 0.15) is 72.1 Å². The number of hydrogen-bond acceptors (Lipinski definition) is 3. The lowest BCUT2D eigenvalue weighted by molar-refractivity contribution is -0.0818. The van der Waals surface area contributed by atoms with Crippen molar-refractivity contribution in [2.24, 2.45) is 40.4 Å². The Morgan fingerprint density at radius 1 is 1.14 bits per heavy atom. The normalized spacial score (nSPS) is 46.2. The fraction of sp³-hybridized carbons (Fsp3) is 0.905. The first-order valence-corrected chi connectivity index (χ1v) is 12.0. The second-order valence-corrected chi connectivity index (χ2v) is 12.0. The van der Waals surface area contributed by atoms with E-state index < -0.39 is 21.0 Å². The fourth-order valence-corrected chi connectivity index (χ4v) is 7.87. The molecule has 0 aromatic carbocycles. The number of fused-ring (bicyclic) bond motifs is 4. The summed E-state index contributed by atoms with van der Waals surface area (Å²) in [5.74, 6) is 2.71. The Hall–Kier alpha value is -0.720. The van der Waals surface area contributed by atoms with E-state index in [-0.39, 0.29) is 11.7 Å². The third-order valence-electron chi connectivity index (χ3n) is 8.67. The summed E-state index contributed by atoms with van der Waals surface area (Å²) >= 11 is 0. The summed E-state index contributed by atoms with van der Waals surface area (Å²) in [6, 6.07) is 0. The Kier molecular flexibility index (Phi) is 4.69. The average Bonchev–Trinajstić information content (AvgIpc) is 2.88. The number of halogens is 3. The van der Waals surface area contributed by atoms with E-state index in [4.69, 9.17) is 0 Å². The molecule has 0 aliphatic heterocycles. The Morgan fingerprint density at radius 3 is 2.54 bits per heavy atom. The molecule has 0 aromatic rings. The van der Waals surface area contributed by atoms with Crippen molar-refractivity contribution in [3.05, 3.63) is 11.8 Å². The van der Waals surface area contributed by atoms with Gasteiger partial charge in [-0.15, -0.1) is 0 Å². The van der Waals surface area contributed by atoms with E-state index in [0.29, 0.717) is 36.0 Å². The van der Waals surface area contributed by atoms with Gasteiger partial charge in [-0.05, 0) is 86.0 Å². The Bertz CT molecular complexity index is 774. The largest absolute Gasteiger partial charge is 0.534 e. The summed E-state index contributed by atoms with van der Waals surface area (Å²) in [4.78, 5) is 0. The van der Waals surface area contributed by atoms with Crippen LogP contribution >= 0.6 is 0 Å². The van der Waals surface area contributed by atoms with Crippen molar-refractivity contribution < 1.29 is 25.8 Å². The molecule has 0 radical (unpaired) electrons. The lowest BCUT2D eigenvalue weighted by Crippen LogP contribution is -2.50. The molecule has 0 spiro atoms. The standard InChI is InChI=1S/C21H31F3O3S/c1-13-4-5-15-10-16-14(12-19(15,2)11-13)8-9-20(3)17(16)6-7-18(20)27-28(25,26)21(22,23)24/h7,13-17H,4-6,8-12H2,1-3H3/t13?,14-,15+,16-,17+,19?,20+/m0/s1. The van der Waals surface area contributed by atoms with Gasteiger partial charge in [-0.3, -0.25) is 0 Å². The van der Waals surface area contributed by atoms with Crippen LogP contribution in [0.3, 0.4) is 0 Å². The highest BCUT2D eigenvalue weighted by Gasteiger charge is 2.58. The van der Waals surface area contributed by atoms with Crippen LogP contribution in [-0.2, 0) is 14.3 Å². The van der Waals surface area contributed by atoms with Gasteiger partial charge in [-0.25, -0.2) is 0 Å². The summed E-state index contributed by atoms with van der Waals surface area (Å²) < 4.78 is 66.3. The summed E-state index contributed by atoms with van der Waals surface area (Å²) in [6.45, 7) is 6.70. The predicted octanol–water partition coefficient (Wildman–Crippen LogP) is 6.03. The average molecular weight is 421 g/mol. The molecule has 0 aromatic heterocycles. The maximum absolute atomic E-state index is 12.8. The van der Waals surface area contributed by atoms with E-state index >= 15 is 0 Å². The van der Waals surface area contributed by atoms with E-state index in [1.807, 2.05) is 6.92 Å². The van der Waals surface area contributed by atoms with Crippen LogP contribution in [0, 0.1) is 40.4 Å². The second kappa shape index (κ2) is 6.39. The van der Waals surface area contributed by atoms with Crippen molar-refractivity contribution in [2.45, 2.75) is 77.6 Å². The highest BCUT2D eigenvalue weighted by atomic mass is 32.2. The summed E-state index contributed by atoms with van der Waals surface area (Å²) in [5, 5.41) is 0. The summed E-state index contributed by atoms with van der Waals surface area (Å²) in [7, 11) is -5.60. The minimum absolute atomic E-state index is 0.0267. The number of alkyl halides is 3. The molecule has 160 valence electrons. The first kappa shape index (κ1) is 20.5. The molecule has 0 N–H and O–H groups in total. The number of hydrogen-bond donors (Lipinski definition) is 0. The van der Waals surface area contributed by atoms with E-state index in [2.05, 4.69) is 18.0 Å². The highest BCUT2D eigenvalue weighted by molar-refractivity contribution is 7.87. The molecule has 0 saturated heterocycles. The van der Waals surface area contributed by atoms with Crippen molar-refractivity contribution in [1.29, 1.82) is 0 Å². The van der Waals surface area contributed by atoms with Gasteiger partial charge in [0.25, 0.3) is 0 Å². The highest BCUT2D eigenvalue weighted by Crippen LogP contribution is 2.65. The van der Waals surface area contributed by atoms with Gasteiger partial charge in [0, 0.05) is 5.41 Å². The van der Waals surface area contributed by atoms with E-state index in [1.165, 1.54) is 25.7 Å². The van der Waals surface area contributed by atoms with E-state index in [1.54, 1.807) is 6.08 Å². The molecule has 4 aliphatic rings. The van der Waals surface area contributed by atoms with Crippen molar-refractivity contribution in [3.63, 3.8) is 0 Å². The topological polar surface area (TPSA) is 43.4 Å². The summed E-state index contributed by atoms with van der Waals surface area (Å²) in [6.07, 6.45) is 10.00. The molecule has 7 heteroatoms. The first-order valence-electron chi connectivity index (χ1n) is 10.6. The van der Waals surface area contributed by atoms with Gasteiger partial charge >= 0.3 is 15.6 Å². The van der Waals surface area contributed by atoms with Gasteiger partial charge in [0.1, 0.15) is 5.76 Å². The van der Waals surface area contributed by atoms with E-state index in [0.717, 1.165) is 18.8 Å². The molecular formula is C21H31F3O3S. The third-order valence-corrected chi connectivity index (χ3v) is 9.64. The number of rotatable bonds is 2. The lowest BCUT2D eigenvalue weighted by atomic mass is 9.47. The maximum atomic E-state index is 12.8. The lowest BCUT2D eigenvalue weighted by Gasteiger charge is -2.58. The molecule has 3 fully saturated rings. The zero-order valence-electron chi connectivity index (χ0n) is 16.9. The van der Waals surface area contributed by atoms with Crippen LogP contribution in [0.15, 0.2) is 11.8 Å². The molecule has 0 amide bonds. The van der Waals surface area contributed by atoms with Gasteiger partial charge < -0.3 is 4.18 Å².